The van der Waals surface area contributed by atoms with Gasteiger partial charge in [0.1, 0.15) is 18.5 Å². The zero-order chi connectivity index (χ0) is 18.6. The van der Waals surface area contributed by atoms with E-state index < -0.39 is 17.8 Å². The summed E-state index contributed by atoms with van der Waals surface area (Å²) in [7, 11) is 1.55. The van der Waals surface area contributed by atoms with Crippen LogP contribution in [0.2, 0.25) is 0 Å². The molecule has 1 aromatic carbocycles. The molecule has 8 heteroatoms. The van der Waals surface area contributed by atoms with E-state index >= 15 is 0 Å². The molecule has 3 N–H and O–H groups in total. The Labute approximate surface area is 144 Å². The molecule has 140 valence electrons. The molecule has 3 atom stereocenters. The fourth-order valence-electron chi connectivity index (χ4n) is 3.02. The van der Waals surface area contributed by atoms with E-state index in [1.54, 1.807) is 7.05 Å². The molecule has 1 aromatic rings. The first-order chi connectivity index (χ1) is 11.7. The predicted octanol–water partition coefficient (Wildman–Crippen LogP) is 2.03. The van der Waals surface area contributed by atoms with Gasteiger partial charge in [-0.1, -0.05) is 12.1 Å². The van der Waals surface area contributed by atoms with E-state index in [-0.39, 0.29) is 36.8 Å². The lowest BCUT2D eigenvalue weighted by molar-refractivity contribution is -0.139. The Kier molecular flexibility index (Phi) is 6.29. The average Bonchev–Trinajstić information content (AvgIpc) is 2.98. The van der Waals surface area contributed by atoms with Crippen LogP contribution in [0.15, 0.2) is 24.3 Å². The lowest BCUT2D eigenvalue weighted by Gasteiger charge is -2.24. The summed E-state index contributed by atoms with van der Waals surface area (Å²) in [5.41, 5.74) is 4.90. The molecule has 25 heavy (non-hydrogen) atoms. The zero-order valence-electron chi connectivity index (χ0n) is 14.0. The van der Waals surface area contributed by atoms with E-state index in [0.717, 1.165) is 18.9 Å². The van der Waals surface area contributed by atoms with Gasteiger partial charge in [-0.3, -0.25) is 4.79 Å². The number of carbonyl (C=O) groups is 1. The van der Waals surface area contributed by atoms with Gasteiger partial charge in [-0.15, -0.1) is 0 Å². The standard InChI is InChI=1S/C17H23F3N2O3/c1-22(16(24)11-6-7-12(21)8-11)9-13(23)10-25-15-5-3-2-4-14(15)17(18,19)20/h2-5,11-13,23H,6-10,21H2,1H3/t11-,12-,13-/m0/s1. The van der Waals surface area contributed by atoms with Crippen LogP contribution in [-0.4, -0.2) is 48.3 Å². The summed E-state index contributed by atoms with van der Waals surface area (Å²) >= 11 is 0. The Morgan fingerprint density at radius 1 is 1.40 bits per heavy atom. The Hall–Kier alpha value is -1.80. The maximum Gasteiger partial charge on any atom is 0.419 e. The molecular weight excluding hydrogens is 337 g/mol. The van der Waals surface area contributed by atoms with Gasteiger partial charge in [0.2, 0.25) is 5.91 Å². The molecule has 0 heterocycles. The van der Waals surface area contributed by atoms with Crippen LogP contribution in [0.3, 0.4) is 0 Å². The minimum atomic E-state index is -4.53. The van der Waals surface area contributed by atoms with Crippen LogP contribution in [0.1, 0.15) is 24.8 Å². The van der Waals surface area contributed by atoms with E-state index in [2.05, 4.69) is 0 Å². The largest absolute Gasteiger partial charge is 0.490 e. The van der Waals surface area contributed by atoms with Crippen molar-refractivity contribution in [1.29, 1.82) is 0 Å². The Morgan fingerprint density at radius 2 is 2.08 bits per heavy atom. The number of para-hydroxylation sites is 1. The second kappa shape index (κ2) is 8.05. The van der Waals surface area contributed by atoms with E-state index in [9.17, 15) is 23.1 Å². The molecule has 0 radical (unpaired) electrons. The predicted molar refractivity (Wildman–Crippen MR) is 85.9 cm³/mol. The summed E-state index contributed by atoms with van der Waals surface area (Å²) in [4.78, 5) is 13.6. The van der Waals surface area contributed by atoms with Crippen molar-refractivity contribution >= 4 is 5.91 Å². The number of likely N-dealkylation sites (N-methyl/N-ethyl adjacent to an activating group) is 1. The summed E-state index contributed by atoms with van der Waals surface area (Å²) in [6.45, 7) is -0.354. The number of aliphatic hydroxyl groups excluding tert-OH is 1. The zero-order valence-corrected chi connectivity index (χ0v) is 14.0. The summed E-state index contributed by atoms with van der Waals surface area (Å²) in [5, 5.41) is 9.99. The molecule has 0 aliphatic heterocycles. The van der Waals surface area contributed by atoms with Crippen LogP contribution in [-0.2, 0) is 11.0 Å². The molecule has 0 spiro atoms. The third kappa shape index (κ3) is 5.34. The van der Waals surface area contributed by atoms with E-state index in [1.165, 1.54) is 23.1 Å². The number of benzene rings is 1. The van der Waals surface area contributed by atoms with Crippen LogP contribution >= 0.6 is 0 Å². The van der Waals surface area contributed by atoms with Crippen LogP contribution in [0, 0.1) is 5.92 Å². The SMILES string of the molecule is CN(C[C@H](O)COc1ccccc1C(F)(F)F)C(=O)[C@H]1CC[C@H](N)C1. The fraction of sp³-hybridized carbons (Fsp3) is 0.588. The highest BCUT2D eigenvalue weighted by Gasteiger charge is 2.34. The number of nitrogens with zero attached hydrogens (tertiary/aromatic N) is 1. The Balaban J connectivity index is 1.87. The molecule has 1 saturated carbocycles. The average molecular weight is 360 g/mol. The maximum atomic E-state index is 12.9. The van der Waals surface area contributed by atoms with E-state index in [4.69, 9.17) is 10.5 Å². The molecule has 1 aliphatic rings. The Morgan fingerprint density at radius 3 is 2.68 bits per heavy atom. The maximum absolute atomic E-state index is 12.9. The van der Waals surface area contributed by atoms with Crippen molar-refractivity contribution in [2.45, 2.75) is 37.6 Å². The van der Waals surface area contributed by atoms with Crippen molar-refractivity contribution in [3.05, 3.63) is 29.8 Å². The number of carbonyl (C=O) groups excluding carboxylic acids is 1. The normalized spacial score (nSPS) is 21.8. The van der Waals surface area contributed by atoms with Crippen LogP contribution in [0.4, 0.5) is 13.2 Å². The number of hydrogen-bond acceptors (Lipinski definition) is 4. The third-order valence-electron chi connectivity index (χ3n) is 4.31. The third-order valence-corrected chi connectivity index (χ3v) is 4.31. The number of amides is 1. The van der Waals surface area contributed by atoms with Crippen LogP contribution in [0.5, 0.6) is 5.75 Å². The molecule has 0 aromatic heterocycles. The van der Waals surface area contributed by atoms with Gasteiger partial charge in [0.15, 0.2) is 0 Å². The highest BCUT2D eigenvalue weighted by atomic mass is 19.4. The van der Waals surface area contributed by atoms with Gasteiger partial charge in [0.05, 0.1) is 5.56 Å². The second-order valence-corrected chi connectivity index (χ2v) is 6.45. The van der Waals surface area contributed by atoms with Gasteiger partial charge in [-0.05, 0) is 31.4 Å². The lowest BCUT2D eigenvalue weighted by atomic mass is 10.1. The number of halogens is 3. The van der Waals surface area contributed by atoms with Crippen LogP contribution in [0.25, 0.3) is 0 Å². The molecule has 5 nitrogen and oxygen atoms in total. The van der Waals surface area contributed by atoms with E-state index in [1.807, 2.05) is 0 Å². The molecule has 1 amide bonds. The molecule has 0 bridgehead atoms. The number of nitrogens with two attached hydrogens (primary N) is 1. The quantitative estimate of drug-likeness (QED) is 0.814. The first-order valence-corrected chi connectivity index (χ1v) is 8.16. The molecular formula is C17H23F3N2O3. The molecule has 1 aliphatic carbocycles. The van der Waals surface area contributed by atoms with Crippen molar-refractivity contribution in [3.63, 3.8) is 0 Å². The van der Waals surface area contributed by atoms with Crippen LogP contribution < -0.4 is 10.5 Å². The first kappa shape index (κ1) is 19.5. The summed E-state index contributed by atoms with van der Waals surface area (Å²) in [6.07, 6.45) is -3.49. The number of rotatable bonds is 6. The Bertz CT molecular complexity index is 595. The van der Waals surface area contributed by atoms with Gasteiger partial charge in [0.25, 0.3) is 0 Å². The number of aliphatic hydroxyl groups is 1. The van der Waals surface area contributed by atoms with Crippen molar-refractivity contribution < 1.29 is 27.8 Å². The summed E-state index contributed by atoms with van der Waals surface area (Å²) < 4.78 is 43.8. The van der Waals surface area contributed by atoms with Gasteiger partial charge in [-0.25, -0.2) is 0 Å². The van der Waals surface area contributed by atoms with Crippen molar-refractivity contribution in [3.8, 4) is 5.75 Å². The summed E-state index contributed by atoms with van der Waals surface area (Å²) in [6, 6.07) is 4.83. The fourth-order valence-corrected chi connectivity index (χ4v) is 3.02. The van der Waals surface area contributed by atoms with Crippen molar-refractivity contribution in [2.75, 3.05) is 20.2 Å². The molecule has 0 unspecified atom stereocenters. The lowest BCUT2D eigenvalue weighted by Crippen LogP contribution is -2.40. The minimum Gasteiger partial charge on any atom is -0.490 e. The highest BCUT2D eigenvalue weighted by molar-refractivity contribution is 5.79. The number of hydrogen-bond donors (Lipinski definition) is 2. The first-order valence-electron chi connectivity index (χ1n) is 8.16. The number of ether oxygens (including phenoxy) is 1. The topological polar surface area (TPSA) is 75.8 Å². The number of alkyl halides is 3. The minimum absolute atomic E-state index is 0.0151. The smallest absolute Gasteiger partial charge is 0.419 e. The van der Waals surface area contributed by atoms with Crippen molar-refractivity contribution in [2.24, 2.45) is 11.7 Å². The molecule has 1 fully saturated rings. The van der Waals surface area contributed by atoms with Crippen molar-refractivity contribution in [1.82, 2.24) is 4.90 Å². The van der Waals surface area contributed by atoms with E-state index in [0.29, 0.717) is 6.42 Å². The second-order valence-electron chi connectivity index (χ2n) is 6.45. The van der Waals surface area contributed by atoms with Gasteiger partial charge >= 0.3 is 6.18 Å². The van der Waals surface area contributed by atoms with Gasteiger partial charge < -0.3 is 20.5 Å². The van der Waals surface area contributed by atoms with Gasteiger partial charge in [-0.2, -0.15) is 13.2 Å². The molecule has 0 saturated heterocycles. The van der Waals surface area contributed by atoms with Gasteiger partial charge in [0, 0.05) is 25.6 Å². The monoisotopic (exact) mass is 360 g/mol. The summed E-state index contributed by atoms with van der Waals surface area (Å²) in [5.74, 6) is -0.605. The highest BCUT2D eigenvalue weighted by Crippen LogP contribution is 2.35. The molecule has 2 rings (SSSR count).